The van der Waals surface area contributed by atoms with Crippen LogP contribution in [-0.2, 0) is 11.2 Å². The topological polar surface area (TPSA) is 71.6 Å². The normalized spacial score (nSPS) is 15.7. The molecular weight excluding hydrogens is 380 g/mol. The first-order valence-corrected chi connectivity index (χ1v) is 10.1. The highest BCUT2D eigenvalue weighted by atomic mass is 16.5. The summed E-state index contributed by atoms with van der Waals surface area (Å²) in [7, 11) is 3.19. The number of carbonyl (C=O) groups is 1. The van der Waals surface area contributed by atoms with Crippen LogP contribution in [0.2, 0.25) is 0 Å². The minimum atomic E-state index is -0.476. The first-order valence-electron chi connectivity index (χ1n) is 10.1. The SMILES string of the molecule is CCC(=O)N1CCc2cc(OC)c(OC)cc2C1c1cc2ccc(C)cc2[nH]c1=O. The van der Waals surface area contributed by atoms with E-state index in [0.29, 0.717) is 36.4 Å². The average molecular weight is 406 g/mol. The van der Waals surface area contributed by atoms with E-state index in [1.54, 1.807) is 19.1 Å². The van der Waals surface area contributed by atoms with Crippen molar-refractivity contribution >= 4 is 16.8 Å². The molecule has 30 heavy (non-hydrogen) atoms. The van der Waals surface area contributed by atoms with Crippen LogP contribution in [0, 0.1) is 6.92 Å². The molecule has 1 N–H and O–H groups in total. The first-order chi connectivity index (χ1) is 14.5. The van der Waals surface area contributed by atoms with E-state index in [0.717, 1.165) is 27.6 Å². The van der Waals surface area contributed by atoms with Crippen LogP contribution in [0.4, 0.5) is 0 Å². The van der Waals surface area contributed by atoms with E-state index in [9.17, 15) is 9.59 Å². The van der Waals surface area contributed by atoms with Gasteiger partial charge in [0.15, 0.2) is 11.5 Å². The number of amides is 1. The Hall–Kier alpha value is -3.28. The maximum atomic E-state index is 13.1. The predicted octanol–water partition coefficient (Wildman–Crippen LogP) is 3.74. The molecule has 0 bridgehead atoms. The quantitative estimate of drug-likeness (QED) is 0.717. The minimum absolute atomic E-state index is 0.0174. The number of methoxy groups -OCH3 is 2. The fourth-order valence-electron chi connectivity index (χ4n) is 4.29. The molecule has 6 heteroatoms. The zero-order valence-electron chi connectivity index (χ0n) is 17.7. The van der Waals surface area contributed by atoms with Gasteiger partial charge < -0.3 is 19.4 Å². The molecule has 4 rings (SSSR count). The minimum Gasteiger partial charge on any atom is -0.493 e. The number of hydrogen-bond donors (Lipinski definition) is 1. The summed E-state index contributed by atoms with van der Waals surface area (Å²) in [6, 6.07) is 11.2. The van der Waals surface area contributed by atoms with E-state index in [2.05, 4.69) is 4.98 Å². The van der Waals surface area contributed by atoms with Crippen molar-refractivity contribution in [1.82, 2.24) is 9.88 Å². The van der Waals surface area contributed by atoms with E-state index in [-0.39, 0.29) is 11.5 Å². The Morgan fingerprint density at radius 2 is 1.83 bits per heavy atom. The van der Waals surface area contributed by atoms with Crippen LogP contribution in [0.3, 0.4) is 0 Å². The van der Waals surface area contributed by atoms with Gasteiger partial charge in [-0.3, -0.25) is 9.59 Å². The molecule has 0 spiro atoms. The predicted molar refractivity (Wildman–Crippen MR) is 116 cm³/mol. The Morgan fingerprint density at radius 1 is 1.10 bits per heavy atom. The van der Waals surface area contributed by atoms with Crippen molar-refractivity contribution in [3.8, 4) is 11.5 Å². The van der Waals surface area contributed by atoms with Crippen LogP contribution in [0.15, 0.2) is 41.2 Å². The van der Waals surface area contributed by atoms with Gasteiger partial charge in [-0.15, -0.1) is 0 Å². The molecule has 1 amide bonds. The highest BCUT2D eigenvalue weighted by Crippen LogP contribution is 2.40. The number of pyridine rings is 1. The molecular formula is C24H26N2O4. The lowest BCUT2D eigenvalue weighted by Crippen LogP contribution is -2.42. The number of carbonyl (C=O) groups excluding carboxylic acids is 1. The van der Waals surface area contributed by atoms with Crippen LogP contribution in [0.25, 0.3) is 10.9 Å². The van der Waals surface area contributed by atoms with E-state index < -0.39 is 6.04 Å². The second-order valence-corrected chi connectivity index (χ2v) is 7.64. The molecule has 2 aromatic carbocycles. The third-order valence-electron chi connectivity index (χ3n) is 5.82. The van der Waals surface area contributed by atoms with Crippen LogP contribution >= 0.6 is 0 Å². The molecule has 0 fully saturated rings. The summed E-state index contributed by atoms with van der Waals surface area (Å²) in [6.45, 7) is 4.38. The van der Waals surface area contributed by atoms with Crippen molar-refractivity contribution in [2.45, 2.75) is 32.7 Å². The number of benzene rings is 2. The third kappa shape index (κ3) is 3.32. The van der Waals surface area contributed by atoms with E-state index in [1.807, 2.05) is 50.2 Å². The third-order valence-corrected chi connectivity index (χ3v) is 5.82. The fraction of sp³-hybridized carbons (Fsp3) is 0.333. The second-order valence-electron chi connectivity index (χ2n) is 7.64. The molecule has 1 atom stereocenters. The Bertz CT molecular complexity index is 1180. The molecule has 6 nitrogen and oxygen atoms in total. The van der Waals surface area contributed by atoms with Crippen LogP contribution < -0.4 is 15.0 Å². The van der Waals surface area contributed by atoms with Gasteiger partial charge in [-0.2, -0.15) is 0 Å². The summed E-state index contributed by atoms with van der Waals surface area (Å²) >= 11 is 0. The van der Waals surface area contributed by atoms with Gasteiger partial charge in [-0.05, 0) is 59.7 Å². The number of nitrogens with one attached hydrogen (secondary N) is 1. The molecule has 1 aliphatic heterocycles. The maximum Gasteiger partial charge on any atom is 0.254 e. The fourth-order valence-corrected chi connectivity index (χ4v) is 4.29. The number of hydrogen-bond acceptors (Lipinski definition) is 4. The standard InChI is InChI=1S/C24H26N2O4/c1-5-22(27)26-9-8-15-12-20(29-3)21(30-4)13-17(15)23(26)18-11-16-7-6-14(2)10-19(16)25-24(18)28/h6-7,10-13,23H,5,8-9H2,1-4H3,(H,25,28). The summed E-state index contributed by atoms with van der Waals surface area (Å²) < 4.78 is 11.0. The number of H-pyrrole nitrogens is 1. The monoisotopic (exact) mass is 406 g/mol. The molecule has 1 aromatic heterocycles. The second kappa shape index (κ2) is 7.86. The summed E-state index contributed by atoms with van der Waals surface area (Å²) in [5.74, 6) is 1.25. The highest BCUT2D eigenvalue weighted by Gasteiger charge is 2.34. The van der Waals surface area contributed by atoms with Crippen molar-refractivity contribution in [2.75, 3.05) is 20.8 Å². The molecule has 156 valence electrons. The number of aromatic amines is 1. The average Bonchev–Trinajstić information content (AvgIpc) is 2.76. The van der Waals surface area contributed by atoms with Gasteiger partial charge in [-0.1, -0.05) is 19.1 Å². The number of ether oxygens (including phenoxy) is 2. The Kier molecular flexibility index (Phi) is 5.24. The van der Waals surface area contributed by atoms with Crippen LogP contribution in [0.1, 0.15) is 41.6 Å². The highest BCUT2D eigenvalue weighted by molar-refractivity contribution is 5.81. The Labute approximate surface area is 175 Å². The van der Waals surface area contributed by atoms with Crippen molar-refractivity contribution in [3.05, 3.63) is 69.0 Å². The number of rotatable bonds is 4. The summed E-state index contributed by atoms with van der Waals surface area (Å²) in [5.41, 5.74) is 4.20. The number of nitrogens with zero attached hydrogens (tertiary/aromatic N) is 1. The number of aromatic nitrogens is 1. The lowest BCUT2D eigenvalue weighted by Gasteiger charge is -2.37. The number of fused-ring (bicyclic) bond motifs is 2. The summed E-state index contributed by atoms with van der Waals surface area (Å²) in [5, 5.41) is 0.937. The van der Waals surface area contributed by atoms with Crippen molar-refractivity contribution in [1.29, 1.82) is 0 Å². The molecule has 0 aliphatic carbocycles. The zero-order valence-corrected chi connectivity index (χ0v) is 17.7. The van der Waals surface area contributed by atoms with Gasteiger partial charge in [0.1, 0.15) is 0 Å². The summed E-state index contributed by atoms with van der Waals surface area (Å²) in [6.07, 6.45) is 1.08. The lowest BCUT2D eigenvalue weighted by molar-refractivity contribution is -0.132. The van der Waals surface area contributed by atoms with Crippen LogP contribution in [-0.4, -0.2) is 36.6 Å². The van der Waals surface area contributed by atoms with Gasteiger partial charge in [0.2, 0.25) is 5.91 Å². The Balaban J connectivity index is 1.96. The number of aryl methyl sites for hydroxylation is 1. The summed E-state index contributed by atoms with van der Waals surface area (Å²) in [4.78, 5) is 30.8. The van der Waals surface area contributed by atoms with Gasteiger partial charge in [0.25, 0.3) is 5.56 Å². The van der Waals surface area contributed by atoms with Crippen molar-refractivity contribution in [2.24, 2.45) is 0 Å². The molecule has 1 unspecified atom stereocenters. The lowest BCUT2D eigenvalue weighted by atomic mass is 9.87. The molecule has 1 aliphatic rings. The van der Waals surface area contributed by atoms with Gasteiger partial charge in [-0.25, -0.2) is 0 Å². The van der Waals surface area contributed by atoms with Gasteiger partial charge in [0, 0.05) is 24.0 Å². The Morgan fingerprint density at radius 3 is 2.53 bits per heavy atom. The smallest absolute Gasteiger partial charge is 0.254 e. The van der Waals surface area contributed by atoms with E-state index in [1.165, 1.54) is 0 Å². The molecule has 0 saturated heterocycles. The maximum absolute atomic E-state index is 13.1. The van der Waals surface area contributed by atoms with Crippen molar-refractivity contribution < 1.29 is 14.3 Å². The van der Waals surface area contributed by atoms with Gasteiger partial charge >= 0.3 is 0 Å². The first kappa shape index (κ1) is 20.0. The van der Waals surface area contributed by atoms with Gasteiger partial charge in [0.05, 0.1) is 20.3 Å². The molecule has 3 aromatic rings. The van der Waals surface area contributed by atoms with Crippen molar-refractivity contribution in [3.63, 3.8) is 0 Å². The largest absolute Gasteiger partial charge is 0.493 e. The van der Waals surface area contributed by atoms with Crippen LogP contribution in [0.5, 0.6) is 11.5 Å². The molecule has 0 saturated carbocycles. The zero-order chi connectivity index (χ0) is 21.4. The molecule has 0 radical (unpaired) electrons. The van der Waals surface area contributed by atoms with E-state index in [4.69, 9.17) is 9.47 Å². The van der Waals surface area contributed by atoms with E-state index >= 15 is 0 Å². The molecule has 2 heterocycles.